The third-order valence-electron chi connectivity index (χ3n) is 13.2. The van der Waals surface area contributed by atoms with Crippen molar-refractivity contribution in [2.45, 2.75) is 264 Å². The minimum Gasteiger partial charge on any atom is -0.466 e. The van der Waals surface area contributed by atoms with Gasteiger partial charge in [-0.1, -0.05) is 149 Å². The molecule has 352 valence electrons. The van der Waals surface area contributed by atoms with Crippen LogP contribution in [0.15, 0.2) is 0 Å². The molecule has 2 rings (SSSR count). The lowest BCUT2D eigenvalue weighted by molar-refractivity contribution is -0.150. The fraction of sp³-hybridized carbons (Fsp3) is 0.942. The van der Waals surface area contributed by atoms with E-state index in [4.69, 9.17) is 18.9 Å². The van der Waals surface area contributed by atoms with Crippen LogP contribution in [0, 0.1) is 11.8 Å². The molecule has 0 aromatic carbocycles. The number of nitrogens with zero attached hydrogens (tertiary/aromatic N) is 1. The standard InChI is InChI=1S/C52H97NO7/c1-4-7-10-13-16-17-18-21-30-41-58-50(54)36-26-22-23-33-46-44-48(57-43-32-40-53-38-28-29-39-53)45-49(46)52(56)59-42-31-27-37-51(55)60-47(34-24-19-14-11-8-5-2)35-25-20-15-12-9-6-3/h46-49H,4-45H2,1-3H3/t46?,48?,49-/m1/s1. The first-order valence-corrected chi connectivity index (χ1v) is 26.3. The van der Waals surface area contributed by atoms with E-state index >= 15 is 0 Å². The number of hydrogen-bond donors (Lipinski definition) is 0. The molecule has 60 heavy (non-hydrogen) atoms. The fourth-order valence-electron chi connectivity index (χ4n) is 9.35. The van der Waals surface area contributed by atoms with Crippen molar-refractivity contribution in [3.05, 3.63) is 0 Å². The van der Waals surface area contributed by atoms with Crippen molar-refractivity contribution in [3.8, 4) is 0 Å². The van der Waals surface area contributed by atoms with Gasteiger partial charge in [-0.25, -0.2) is 0 Å². The zero-order chi connectivity index (χ0) is 43.1. The van der Waals surface area contributed by atoms with Crippen LogP contribution in [-0.4, -0.2) is 74.5 Å². The van der Waals surface area contributed by atoms with E-state index in [1.807, 2.05) is 0 Å². The second kappa shape index (κ2) is 39.0. The smallest absolute Gasteiger partial charge is 0.309 e. The zero-order valence-electron chi connectivity index (χ0n) is 39.8. The summed E-state index contributed by atoms with van der Waals surface area (Å²) in [6.45, 7) is 11.9. The van der Waals surface area contributed by atoms with E-state index in [-0.39, 0.29) is 42.0 Å². The molecule has 1 saturated carbocycles. The van der Waals surface area contributed by atoms with Gasteiger partial charge < -0.3 is 23.8 Å². The lowest BCUT2D eigenvalue weighted by atomic mass is 9.90. The molecule has 0 radical (unpaired) electrons. The molecule has 3 atom stereocenters. The van der Waals surface area contributed by atoms with Crippen molar-refractivity contribution < 1.29 is 33.3 Å². The third kappa shape index (κ3) is 29.6. The summed E-state index contributed by atoms with van der Waals surface area (Å²) in [6.07, 6.45) is 39.6. The van der Waals surface area contributed by atoms with Gasteiger partial charge in [-0.2, -0.15) is 0 Å². The Morgan fingerprint density at radius 1 is 0.517 bits per heavy atom. The zero-order valence-corrected chi connectivity index (χ0v) is 39.8. The van der Waals surface area contributed by atoms with Gasteiger partial charge in [-0.3, -0.25) is 14.4 Å². The molecule has 2 unspecified atom stereocenters. The van der Waals surface area contributed by atoms with E-state index in [9.17, 15) is 14.4 Å². The van der Waals surface area contributed by atoms with Crippen LogP contribution in [0.2, 0.25) is 0 Å². The molecule has 2 aliphatic rings. The molecule has 1 saturated heterocycles. The van der Waals surface area contributed by atoms with E-state index in [0.29, 0.717) is 38.9 Å². The lowest BCUT2D eigenvalue weighted by Crippen LogP contribution is -2.23. The number of hydrogen-bond acceptors (Lipinski definition) is 8. The Kier molecular flexibility index (Phi) is 35.4. The SMILES string of the molecule is CCCCCCCCCCCOC(=O)CCCCCC1CC(OCCCN2CCCC2)C[C@H]1C(=O)OCCCCC(=O)OC(CCCCCCCC)CCCCCCCC. The topological polar surface area (TPSA) is 91.4 Å². The normalized spacial score (nSPS) is 18.1. The Labute approximate surface area is 370 Å². The quantitative estimate of drug-likeness (QED) is 0.0341. The summed E-state index contributed by atoms with van der Waals surface area (Å²) in [6, 6.07) is 0. The van der Waals surface area contributed by atoms with Crippen molar-refractivity contribution in [3.63, 3.8) is 0 Å². The molecule has 0 bridgehead atoms. The van der Waals surface area contributed by atoms with Crippen LogP contribution in [0.3, 0.4) is 0 Å². The Hall–Kier alpha value is -1.67. The highest BCUT2D eigenvalue weighted by molar-refractivity contribution is 5.73. The Morgan fingerprint density at radius 3 is 1.63 bits per heavy atom. The molecular weight excluding hydrogens is 751 g/mol. The molecule has 0 aromatic heterocycles. The van der Waals surface area contributed by atoms with E-state index in [1.165, 1.54) is 135 Å². The Bertz CT molecular complexity index is 1000. The maximum absolute atomic E-state index is 13.5. The first-order chi connectivity index (χ1) is 29.5. The Morgan fingerprint density at radius 2 is 1.02 bits per heavy atom. The van der Waals surface area contributed by atoms with Gasteiger partial charge in [0, 0.05) is 26.0 Å². The van der Waals surface area contributed by atoms with Gasteiger partial charge in [0.15, 0.2) is 0 Å². The van der Waals surface area contributed by atoms with Crippen LogP contribution >= 0.6 is 0 Å². The minimum atomic E-state index is -0.149. The number of rotatable bonds is 42. The first kappa shape index (κ1) is 54.5. The fourth-order valence-corrected chi connectivity index (χ4v) is 9.35. The minimum absolute atomic E-state index is 0.0329. The average Bonchev–Trinajstić information content (AvgIpc) is 3.92. The van der Waals surface area contributed by atoms with E-state index in [1.54, 1.807) is 0 Å². The number of carbonyl (C=O) groups excluding carboxylic acids is 3. The highest BCUT2D eigenvalue weighted by Gasteiger charge is 2.39. The number of ether oxygens (including phenoxy) is 4. The van der Waals surface area contributed by atoms with Crippen LogP contribution in [0.25, 0.3) is 0 Å². The molecule has 8 nitrogen and oxygen atoms in total. The predicted octanol–water partition coefficient (Wildman–Crippen LogP) is 14.0. The molecule has 2 fully saturated rings. The van der Waals surface area contributed by atoms with Crippen LogP contribution in [0.5, 0.6) is 0 Å². The maximum atomic E-state index is 13.5. The van der Waals surface area contributed by atoms with Crippen LogP contribution < -0.4 is 0 Å². The lowest BCUT2D eigenvalue weighted by Gasteiger charge is -2.19. The number of unbranched alkanes of at least 4 members (excludes halogenated alkanes) is 21. The maximum Gasteiger partial charge on any atom is 0.309 e. The highest BCUT2D eigenvalue weighted by Crippen LogP contribution is 2.38. The first-order valence-electron chi connectivity index (χ1n) is 26.3. The summed E-state index contributed by atoms with van der Waals surface area (Å²) in [5, 5.41) is 0. The van der Waals surface area contributed by atoms with Crippen molar-refractivity contribution in [1.82, 2.24) is 4.90 Å². The molecule has 0 N–H and O–H groups in total. The summed E-state index contributed by atoms with van der Waals surface area (Å²) in [5.41, 5.74) is 0. The van der Waals surface area contributed by atoms with E-state index in [0.717, 1.165) is 96.6 Å². The molecule has 1 heterocycles. The van der Waals surface area contributed by atoms with Gasteiger partial charge in [0.05, 0.1) is 25.2 Å². The number of likely N-dealkylation sites (tertiary alicyclic amines) is 1. The largest absolute Gasteiger partial charge is 0.466 e. The molecular formula is C52H97NO7. The van der Waals surface area contributed by atoms with Gasteiger partial charge in [-0.15, -0.1) is 0 Å². The molecule has 0 spiro atoms. The Balaban J connectivity index is 1.70. The van der Waals surface area contributed by atoms with E-state index in [2.05, 4.69) is 25.7 Å². The second-order valence-electron chi connectivity index (χ2n) is 18.7. The summed E-state index contributed by atoms with van der Waals surface area (Å²) in [4.78, 5) is 41.3. The number of esters is 3. The predicted molar refractivity (Wildman–Crippen MR) is 248 cm³/mol. The van der Waals surface area contributed by atoms with Gasteiger partial charge in [-0.05, 0) is 109 Å². The van der Waals surface area contributed by atoms with Crippen LogP contribution in [0.4, 0.5) is 0 Å². The van der Waals surface area contributed by atoms with Crippen molar-refractivity contribution in [1.29, 1.82) is 0 Å². The van der Waals surface area contributed by atoms with Gasteiger partial charge in [0.25, 0.3) is 0 Å². The van der Waals surface area contributed by atoms with Crippen molar-refractivity contribution in [2.24, 2.45) is 11.8 Å². The molecule has 1 aliphatic carbocycles. The summed E-state index contributed by atoms with van der Waals surface area (Å²) in [5.74, 6) is -0.192. The average molecular weight is 848 g/mol. The van der Waals surface area contributed by atoms with Crippen molar-refractivity contribution in [2.75, 3.05) is 39.5 Å². The van der Waals surface area contributed by atoms with E-state index < -0.39 is 0 Å². The van der Waals surface area contributed by atoms with Gasteiger partial charge in [0.2, 0.25) is 0 Å². The van der Waals surface area contributed by atoms with Gasteiger partial charge in [0.1, 0.15) is 6.10 Å². The summed E-state index contributed by atoms with van der Waals surface area (Å²) in [7, 11) is 0. The molecule has 0 amide bonds. The molecule has 0 aromatic rings. The molecule has 1 aliphatic heterocycles. The second-order valence-corrected chi connectivity index (χ2v) is 18.7. The highest BCUT2D eigenvalue weighted by atomic mass is 16.5. The van der Waals surface area contributed by atoms with Gasteiger partial charge >= 0.3 is 17.9 Å². The monoisotopic (exact) mass is 848 g/mol. The molecule has 8 heteroatoms. The summed E-state index contributed by atoms with van der Waals surface area (Å²) >= 11 is 0. The summed E-state index contributed by atoms with van der Waals surface area (Å²) < 4.78 is 23.8. The van der Waals surface area contributed by atoms with Crippen LogP contribution in [-0.2, 0) is 33.3 Å². The van der Waals surface area contributed by atoms with Crippen molar-refractivity contribution >= 4 is 17.9 Å². The number of carbonyl (C=O) groups is 3. The van der Waals surface area contributed by atoms with Crippen LogP contribution in [0.1, 0.15) is 252 Å². The third-order valence-corrected chi connectivity index (χ3v) is 13.2.